The molecule has 1 fully saturated rings. The van der Waals surface area contributed by atoms with E-state index in [1.165, 1.54) is 0 Å². The fourth-order valence-corrected chi connectivity index (χ4v) is 3.03. The third-order valence-electron chi connectivity index (χ3n) is 4.40. The number of aliphatic hydroxyl groups is 1. The fraction of sp³-hybridized carbons (Fsp3) is 0.471. The van der Waals surface area contributed by atoms with Gasteiger partial charge in [0, 0.05) is 37.1 Å². The Labute approximate surface area is 135 Å². The molecular weight excluding hydrogens is 292 g/mol. The van der Waals surface area contributed by atoms with E-state index in [0.717, 1.165) is 43.7 Å². The van der Waals surface area contributed by atoms with Gasteiger partial charge >= 0.3 is 0 Å². The van der Waals surface area contributed by atoms with E-state index in [2.05, 4.69) is 15.0 Å². The van der Waals surface area contributed by atoms with E-state index in [1.807, 2.05) is 12.1 Å². The Bertz CT molecular complexity index is 678. The van der Waals surface area contributed by atoms with Crippen molar-refractivity contribution in [1.82, 2.24) is 19.7 Å². The summed E-state index contributed by atoms with van der Waals surface area (Å²) in [4.78, 5) is 18.4. The number of hydrogen-bond acceptors (Lipinski definition) is 5. The lowest BCUT2D eigenvalue weighted by Gasteiger charge is -2.31. The van der Waals surface area contributed by atoms with Crippen molar-refractivity contribution < 1.29 is 5.11 Å². The second-order valence-electron chi connectivity index (χ2n) is 5.98. The van der Waals surface area contributed by atoms with Crippen molar-refractivity contribution in [2.75, 3.05) is 26.2 Å². The van der Waals surface area contributed by atoms with Gasteiger partial charge in [0.15, 0.2) is 0 Å². The van der Waals surface area contributed by atoms with Crippen LogP contribution in [0.1, 0.15) is 12.8 Å². The lowest BCUT2D eigenvalue weighted by Crippen LogP contribution is -2.38. The molecule has 0 amide bonds. The van der Waals surface area contributed by atoms with Gasteiger partial charge in [-0.1, -0.05) is 0 Å². The topological polar surface area (TPSA) is 71.2 Å². The minimum atomic E-state index is -0.0550. The molecule has 2 aromatic heterocycles. The number of hydrogen-bond donors (Lipinski definition) is 1. The summed E-state index contributed by atoms with van der Waals surface area (Å²) in [6.45, 7) is 3.56. The first-order valence-electron chi connectivity index (χ1n) is 8.08. The molecule has 0 atom stereocenters. The van der Waals surface area contributed by atoms with Crippen molar-refractivity contribution in [3.8, 4) is 11.3 Å². The van der Waals surface area contributed by atoms with Crippen LogP contribution in [0.5, 0.6) is 0 Å². The van der Waals surface area contributed by atoms with Crippen LogP contribution in [-0.4, -0.2) is 51.0 Å². The van der Waals surface area contributed by atoms with Crippen molar-refractivity contribution in [1.29, 1.82) is 0 Å². The van der Waals surface area contributed by atoms with Crippen LogP contribution in [0.3, 0.4) is 0 Å². The van der Waals surface area contributed by atoms with Crippen molar-refractivity contribution >= 4 is 0 Å². The van der Waals surface area contributed by atoms with Crippen LogP contribution in [0, 0.1) is 5.92 Å². The third kappa shape index (κ3) is 4.03. The summed E-state index contributed by atoms with van der Waals surface area (Å²) in [6.07, 6.45) is 5.52. The van der Waals surface area contributed by atoms with Crippen LogP contribution in [-0.2, 0) is 6.54 Å². The molecule has 122 valence electrons. The van der Waals surface area contributed by atoms with Crippen LogP contribution in [0.15, 0.2) is 41.5 Å². The lowest BCUT2D eigenvalue weighted by atomic mass is 9.97. The zero-order valence-corrected chi connectivity index (χ0v) is 13.1. The first-order valence-corrected chi connectivity index (χ1v) is 8.08. The van der Waals surface area contributed by atoms with Crippen LogP contribution in [0.2, 0.25) is 0 Å². The third-order valence-corrected chi connectivity index (χ3v) is 4.40. The van der Waals surface area contributed by atoms with Gasteiger partial charge in [-0.3, -0.25) is 9.78 Å². The molecule has 0 saturated carbocycles. The Morgan fingerprint density at radius 2 is 1.87 bits per heavy atom. The number of β-amino-alcohol motifs (C(OH)–C–C–N with tert-alkyl or cyclic N) is 1. The summed E-state index contributed by atoms with van der Waals surface area (Å²) in [6, 6.07) is 7.14. The average Bonchev–Trinajstić information content (AvgIpc) is 2.59. The molecule has 0 bridgehead atoms. The monoisotopic (exact) mass is 314 g/mol. The van der Waals surface area contributed by atoms with Gasteiger partial charge in [0.25, 0.3) is 5.56 Å². The number of likely N-dealkylation sites (tertiary alicyclic amines) is 1. The van der Waals surface area contributed by atoms with E-state index in [4.69, 9.17) is 5.11 Å². The molecule has 1 N–H and O–H groups in total. The maximum Gasteiger partial charge on any atom is 0.266 e. The Morgan fingerprint density at radius 1 is 1.13 bits per heavy atom. The summed E-state index contributed by atoms with van der Waals surface area (Å²) in [5.74, 6) is 0.461. The van der Waals surface area contributed by atoms with Crippen molar-refractivity contribution in [3.05, 3.63) is 47.0 Å². The SMILES string of the molecule is O=c1ccc(-c2ccncc2)nn1CC1CCN(CCO)CC1. The zero-order chi connectivity index (χ0) is 16.1. The molecule has 0 spiro atoms. The highest BCUT2D eigenvalue weighted by molar-refractivity contribution is 5.56. The fourth-order valence-electron chi connectivity index (χ4n) is 3.03. The Balaban J connectivity index is 1.70. The minimum absolute atomic E-state index is 0.0550. The highest BCUT2D eigenvalue weighted by atomic mass is 16.3. The number of rotatable bonds is 5. The van der Waals surface area contributed by atoms with Gasteiger partial charge in [0.1, 0.15) is 0 Å². The highest BCUT2D eigenvalue weighted by Crippen LogP contribution is 2.19. The molecule has 1 aliphatic rings. The molecular formula is C17H22N4O2. The van der Waals surface area contributed by atoms with Gasteiger partial charge in [-0.15, -0.1) is 0 Å². The molecule has 6 nitrogen and oxygen atoms in total. The predicted molar refractivity (Wildman–Crippen MR) is 88.0 cm³/mol. The van der Waals surface area contributed by atoms with Crippen LogP contribution >= 0.6 is 0 Å². The largest absolute Gasteiger partial charge is 0.395 e. The number of nitrogens with zero attached hydrogens (tertiary/aromatic N) is 4. The maximum atomic E-state index is 12.1. The van der Waals surface area contributed by atoms with Gasteiger partial charge in [0.05, 0.1) is 12.3 Å². The first-order chi connectivity index (χ1) is 11.3. The van der Waals surface area contributed by atoms with Crippen LogP contribution in [0.4, 0.5) is 0 Å². The second-order valence-corrected chi connectivity index (χ2v) is 5.98. The molecule has 6 heteroatoms. The standard InChI is InChI=1S/C17H22N4O2/c22-12-11-20-9-5-14(6-10-20)13-21-17(23)2-1-16(19-21)15-3-7-18-8-4-15/h1-4,7-8,14,22H,5-6,9-13H2. The van der Waals surface area contributed by atoms with Gasteiger partial charge in [-0.2, -0.15) is 5.10 Å². The van der Waals surface area contributed by atoms with Crippen LogP contribution in [0.25, 0.3) is 11.3 Å². The number of piperidine rings is 1. The van der Waals surface area contributed by atoms with Crippen molar-refractivity contribution in [3.63, 3.8) is 0 Å². The summed E-state index contributed by atoms with van der Waals surface area (Å²) >= 11 is 0. The van der Waals surface area contributed by atoms with Gasteiger partial charge in [0.2, 0.25) is 0 Å². The molecule has 2 aromatic rings. The summed E-state index contributed by atoms with van der Waals surface area (Å²) in [5.41, 5.74) is 1.71. The molecule has 3 heterocycles. The Morgan fingerprint density at radius 3 is 2.57 bits per heavy atom. The smallest absolute Gasteiger partial charge is 0.266 e. The average molecular weight is 314 g/mol. The molecule has 0 unspecified atom stereocenters. The number of aromatic nitrogens is 3. The number of pyridine rings is 1. The molecule has 0 aromatic carbocycles. The van der Waals surface area contributed by atoms with Gasteiger partial charge < -0.3 is 10.0 Å². The maximum absolute atomic E-state index is 12.1. The molecule has 23 heavy (non-hydrogen) atoms. The first kappa shape index (κ1) is 15.8. The van der Waals surface area contributed by atoms with Crippen LogP contribution < -0.4 is 5.56 Å². The van der Waals surface area contributed by atoms with E-state index in [-0.39, 0.29) is 12.2 Å². The summed E-state index contributed by atoms with van der Waals surface area (Å²) in [5, 5.41) is 13.5. The van der Waals surface area contributed by atoms with Crippen molar-refractivity contribution in [2.24, 2.45) is 5.92 Å². The molecule has 0 aliphatic carbocycles. The molecule has 1 saturated heterocycles. The van der Waals surface area contributed by atoms with Gasteiger partial charge in [-0.05, 0) is 50.0 Å². The normalized spacial score (nSPS) is 16.6. The zero-order valence-electron chi connectivity index (χ0n) is 13.1. The van der Waals surface area contributed by atoms with Gasteiger partial charge in [-0.25, -0.2) is 4.68 Å². The van der Waals surface area contributed by atoms with E-state index in [0.29, 0.717) is 12.5 Å². The van der Waals surface area contributed by atoms with Crippen molar-refractivity contribution in [2.45, 2.75) is 19.4 Å². The predicted octanol–water partition coefficient (Wildman–Crippen LogP) is 1.01. The van der Waals surface area contributed by atoms with E-state index < -0.39 is 0 Å². The highest BCUT2D eigenvalue weighted by Gasteiger charge is 2.20. The van der Waals surface area contributed by atoms with E-state index in [9.17, 15) is 4.79 Å². The number of aliphatic hydroxyl groups excluding tert-OH is 1. The molecule has 0 radical (unpaired) electrons. The Kier molecular flexibility index (Phi) is 5.15. The quantitative estimate of drug-likeness (QED) is 0.892. The molecule has 3 rings (SSSR count). The lowest BCUT2D eigenvalue weighted by molar-refractivity contribution is 0.139. The Hall–Kier alpha value is -2.05. The summed E-state index contributed by atoms with van der Waals surface area (Å²) < 4.78 is 1.59. The van der Waals surface area contributed by atoms with E-state index >= 15 is 0 Å². The molecule has 1 aliphatic heterocycles. The van der Waals surface area contributed by atoms with E-state index in [1.54, 1.807) is 29.2 Å². The second kappa shape index (κ2) is 7.48. The summed E-state index contributed by atoms with van der Waals surface area (Å²) in [7, 11) is 0. The minimum Gasteiger partial charge on any atom is -0.395 e.